The van der Waals surface area contributed by atoms with Gasteiger partial charge in [-0.25, -0.2) is 0 Å². The molecule has 0 saturated heterocycles. The molecule has 0 fully saturated rings. The van der Waals surface area contributed by atoms with Crippen LogP contribution in [0.3, 0.4) is 0 Å². The van der Waals surface area contributed by atoms with E-state index in [2.05, 4.69) is 15.5 Å². The number of carbonyl (C=O) groups is 1. The summed E-state index contributed by atoms with van der Waals surface area (Å²) in [4.78, 5) is 12.2. The van der Waals surface area contributed by atoms with Crippen molar-refractivity contribution in [2.75, 3.05) is 5.32 Å². The number of hydrogen-bond acceptors (Lipinski definition) is 5. The monoisotopic (exact) mass is 373 g/mol. The zero-order valence-corrected chi connectivity index (χ0v) is 15.1. The first-order chi connectivity index (χ1) is 12.1. The molecule has 0 radical (unpaired) electrons. The van der Waals surface area contributed by atoms with Gasteiger partial charge in [0.1, 0.15) is 10.8 Å². The molecule has 0 aliphatic carbocycles. The van der Waals surface area contributed by atoms with E-state index in [-0.39, 0.29) is 5.91 Å². The maximum Gasteiger partial charge on any atom is 0.266 e. The van der Waals surface area contributed by atoms with Crippen LogP contribution in [-0.4, -0.2) is 22.2 Å². The Morgan fingerprint density at radius 3 is 2.60 bits per heavy atom. The quantitative estimate of drug-likeness (QED) is 0.703. The number of halogens is 1. The average molecular weight is 374 g/mol. The second-order valence-corrected chi connectivity index (χ2v) is 6.87. The second-order valence-electron chi connectivity index (χ2n) is 5.37. The summed E-state index contributed by atoms with van der Waals surface area (Å²) in [6.07, 6.45) is 0.0215. The molecule has 0 aliphatic rings. The molecule has 7 heteroatoms. The van der Waals surface area contributed by atoms with Crippen molar-refractivity contribution in [2.24, 2.45) is 0 Å². The largest absolute Gasteiger partial charge is 0.481 e. The zero-order chi connectivity index (χ0) is 17.6. The van der Waals surface area contributed by atoms with Gasteiger partial charge in [0.15, 0.2) is 6.10 Å². The van der Waals surface area contributed by atoms with Gasteiger partial charge in [0.25, 0.3) is 5.91 Å². The van der Waals surface area contributed by atoms with Crippen molar-refractivity contribution in [1.29, 1.82) is 0 Å². The van der Waals surface area contributed by atoms with Crippen LogP contribution in [0.5, 0.6) is 5.75 Å². The maximum absolute atomic E-state index is 12.2. The molecule has 2 aromatic carbocycles. The Morgan fingerprint density at radius 1 is 1.16 bits per heavy atom. The molecule has 1 amide bonds. The predicted molar refractivity (Wildman–Crippen MR) is 99.3 cm³/mol. The van der Waals surface area contributed by atoms with E-state index in [1.54, 1.807) is 31.2 Å². The molecule has 0 unspecified atom stereocenters. The molecule has 0 aliphatic heterocycles. The van der Waals surface area contributed by atoms with Crippen molar-refractivity contribution in [1.82, 2.24) is 10.2 Å². The molecule has 3 aromatic rings. The molecule has 1 aromatic heterocycles. The van der Waals surface area contributed by atoms with Crippen molar-refractivity contribution >= 4 is 34.0 Å². The van der Waals surface area contributed by atoms with E-state index in [0.717, 1.165) is 10.6 Å². The summed E-state index contributed by atoms with van der Waals surface area (Å²) < 4.78 is 5.59. The molecular weight excluding hydrogens is 358 g/mol. The molecule has 0 bridgehead atoms. The topological polar surface area (TPSA) is 64.1 Å². The highest BCUT2D eigenvalue weighted by Crippen LogP contribution is 2.20. The Labute approximate surface area is 154 Å². The first-order valence-electron chi connectivity index (χ1n) is 7.69. The van der Waals surface area contributed by atoms with Gasteiger partial charge in [-0.2, -0.15) is 0 Å². The Hall–Kier alpha value is -2.44. The lowest BCUT2D eigenvalue weighted by Gasteiger charge is -2.13. The van der Waals surface area contributed by atoms with Gasteiger partial charge in [0.2, 0.25) is 5.13 Å². The number of rotatable bonds is 6. The van der Waals surface area contributed by atoms with Crippen LogP contribution >= 0.6 is 22.9 Å². The van der Waals surface area contributed by atoms with Crippen molar-refractivity contribution in [3.05, 3.63) is 70.2 Å². The van der Waals surface area contributed by atoms with E-state index in [1.807, 2.05) is 30.3 Å². The average Bonchev–Trinajstić information content (AvgIpc) is 3.04. The molecule has 1 N–H and O–H groups in total. The van der Waals surface area contributed by atoms with Gasteiger partial charge >= 0.3 is 0 Å². The summed E-state index contributed by atoms with van der Waals surface area (Å²) in [5.41, 5.74) is 1.15. The summed E-state index contributed by atoms with van der Waals surface area (Å²) in [7, 11) is 0. The van der Waals surface area contributed by atoms with Crippen LogP contribution in [0.25, 0.3) is 0 Å². The Balaban J connectivity index is 1.56. The lowest BCUT2D eigenvalue weighted by Crippen LogP contribution is -2.30. The smallest absolute Gasteiger partial charge is 0.266 e. The van der Waals surface area contributed by atoms with E-state index < -0.39 is 6.10 Å². The molecule has 5 nitrogen and oxygen atoms in total. The van der Waals surface area contributed by atoms with Crippen molar-refractivity contribution < 1.29 is 9.53 Å². The van der Waals surface area contributed by atoms with Crippen LogP contribution in [0.4, 0.5) is 5.13 Å². The third-order valence-electron chi connectivity index (χ3n) is 3.39. The van der Waals surface area contributed by atoms with Crippen LogP contribution in [0.15, 0.2) is 54.6 Å². The van der Waals surface area contributed by atoms with Gasteiger partial charge < -0.3 is 4.74 Å². The highest BCUT2D eigenvalue weighted by atomic mass is 35.5. The number of amides is 1. The maximum atomic E-state index is 12.2. The molecule has 128 valence electrons. The van der Waals surface area contributed by atoms with E-state index in [4.69, 9.17) is 16.3 Å². The van der Waals surface area contributed by atoms with E-state index in [0.29, 0.717) is 22.3 Å². The van der Waals surface area contributed by atoms with E-state index in [1.165, 1.54) is 11.3 Å². The van der Waals surface area contributed by atoms with Crippen molar-refractivity contribution in [3.63, 3.8) is 0 Å². The van der Waals surface area contributed by atoms with E-state index >= 15 is 0 Å². The van der Waals surface area contributed by atoms with Gasteiger partial charge in [-0.05, 0) is 36.8 Å². The molecule has 25 heavy (non-hydrogen) atoms. The molecule has 1 heterocycles. The number of hydrogen-bond donors (Lipinski definition) is 1. The number of nitrogens with one attached hydrogen (secondary N) is 1. The third-order valence-corrected chi connectivity index (χ3v) is 4.48. The van der Waals surface area contributed by atoms with Crippen molar-refractivity contribution in [3.8, 4) is 5.75 Å². The van der Waals surface area contributed by atoms with Crippen LogP contribution in [0, 0.1) is 0 Å². The molecule has 0 spiro atoms. The summed E-state index contributed by atoms with van der Waals surface area (Å²) in [5.74, 6) is 0.298. The summed E-state index contributed by atoms with van der Waals surface area (Å²) in [6, 6.07) is 16.8. The van der Waals surface area contributed by atoms with E-state index in [9.17, 15) is 4.79 Å². The van der Waals surface area contributed by atoms with Gasteiger partial charge in [-0.3, -0.25) is 10.1 Å². The minimum atomic E-state index is -0.664. The lowest BCUT2D eigenvalue weighted by atomic mass is 10.2. The minimum Gasteiger partial charge on any atom is -0.481 e. The third kappa shape index (κ3) is 5.01. The van der Waals surface area contributed by atoms with Gasteiger partial charge in [0, 0.05) is 11.4 Å². The summed E-state index contributed by atoms with van der Waals surface area (Å²) in [5, 5.41) is 12.8. The highest BCUT2D eigenvalue weighted by Gasteiger charge is 2.17. The highest BCUT2D eigenvalue weighted by molar-refractivity contribution is 7.15. The normalized spacial score (nSPS) is 11.8. The van der Waals surface area contributed by atoms with Crippen LogP contribution in [0.1, 0.15) is 17.5 Å². The molecule has 1 atom stereocenters. The fraction of sp³-hybridized carbons (Fsp3) is 0.167. The SMILES string of the molecule is C[C@H](Oc1ccc(Cl)cc1)C(=O)Nc1nnc(Cc2ccccc2)s1. The number of anilines is 1. The summed E-state index contributed by atoms with van der Waals surface area (Å²) >= 11 is 7.18. The molecule has 3 rings (SSSR count). The number of nitrogens with zero attached hydrogens (tertiary/aromatic N) is 2. The molecular formula is C18H16ClN3O2S. The van der Waals surface area contributed by atoms with Crippen LogP contribution in [0.2, 0.25) is 5.02 Å². The fourth-order valence-corrected chi connectivity index (χ4v) is 3.03. The fourth-order valence-electron chi connectivity index (χ4n) is 2.12. The first-order valence-corrected chi connectivity index (χ1v) is 8.89. The number of carbonyl (C=O) groups excluding carboxylic acids is 1. The Morgan fingerprint density at radius 2 is 1.88 bits per heavy atom. The summed E-state index contributed by atoms with van der Waals surface area (Å²) in [6.45, 7) is 1.68. The Bertz CT molecular complexity index is 837. The number of benzene rings is 2. The second kappa shape index (κ2) is 8.09. The molecule has 0 saturated carbocycles. The van der Waals surface area contributed by atoms with Gasteiger partial charge in [0.05, 0.1) is 0 Å². The standard InChI is InChI=1S/C18H16ClN3O2S/c1-12(24-15-9-7-14(19)8-10-15)17(23)20-18-22-21-16(25-18)11-13-5-3-2-4-6-13/h2-10,12H,11H2,1H3,(H,20,22,23)/t12-/m0/s1. The Kier molecular flexibility index (Phi) is 5.63. The van der Waals surface area contributed by atoms with Crippen LogP contribution < -0.4 is 10.1 Å². The number of ether oxygens (including phenoxy) is 1. The van der Waals surface area contributed by atoms with Gasteiger partial charge in [-0.15, -0.1) is 10.2 Å². The van der Waals surface area contributed by atoms with Crippen molar-refractivity contribution in [2.45, 2.75) is 19.4 Å². The minimum absolute atomic E-state index is 0.280. The zero-order valence-electron chi connectivity index (χ0n) is 13.5. The lowest BCUT2D eigenvalue weighted by molar-refractivity contribution is -0.122. The first kappa shape index (κ1) is 17.4. The predicted octanol–water partition coefficient (Wildman–Crippen LogP) is 4.19. The number of aromatic nitrogens is 2. The van der Waals surface area contributed by atoms with Gasteiger partial charge in [-0.1, -0.05) is 53.3 Å². The van der Waals surface area contributed by atoms with Crippen LogP contribution in [-0.2, 0) is 11.2 Å².